The number of nitrogens with two attached hydrogens (primary N) is 1. The van der Waals surface area contributed by atoms with Crippen molar-refractivity contribution in [3.05, 3.63) is 51.4 Å². The van der Waals surface area contributed by atoms with Gasteiger partial charge in [0.1, 0.15) is 4.21 Å². The molecule has 3 rings (SSSR count). The number of sulfonamides is 1. The van der Waals surface area contributed by atoms with Crippen LogP contribution in [0.5, 0.6) is 0 Å². The van der Waals surface area contributed by atoms with E-state index in [-0.39, 0.29) is 4.21 Å². The van der Waals surface area contributed by atoms with Gasteiger partial charge in [0.05, 0.1) is 0 Å². The van der Waals surface area contributed by atoms with Gasteiger partial charge >= 0.3 is 0 Å². The lowest BCUT2D eigenvalue weighted by molar-refractivity contribution is 0.529. The predicted molar refractivity (Wildman–Crippen MR) is 85.2 cm³/mol. The number of thiophene rings is 1. The summed E-state index contributed by atoms with van der Waals surface area (Å²) in [4.78, 5) is 0. The third-order valence-corrected chi connectivity index (χ3v) is 6.40. The van der Waals surface area contributed by atoms with E-state index in [1.165, 1.54) is 11.1 Å². The molecule has 2 aromatic rings. The molecular weight excluding hydrogens is 328 g/mol. The number of fused-ring (bicyclic) bond motifs is 1. The van der Waals surface area contributed by atoms with Crippen LogP contribution in [0.4, 0.5) is 0 Å². The maximum atomic E-state index is 11.5. The Labute approximate surface area is 133 Å². The number of hydrogen-bond acceptors (Lipinski definition) is 4. The van der Waals surface area contributed by atoms with E-state index in [9.17, 15) is 8.42 Å². The van der Waals surface area contributed by atoms with Crippen molar-refractivity contribution in [2.75, 3.05) is 0 Å². The van der Waals surface area contributed by atoms with Gasteiger partial charge in [-0.3, -0.25) is 0 Å². The fourth-order valence-electron chi connectivity index (χ4n) is 2.69. The number of benzene rings is 1. The topological polar surface area (TPSA) is 72.2 Å². The molecule has 3 N–H and O–H groups in total. The van der Waals surface area contributed by atoms with E-state index < -0.39 is 10.0 Å². The Morgan fingerprint density at radius 2 is 2.05 bits per heavy atom. The first-order valence-corrected chi connectivity index (χ1v) is 9.34. The number of primary sulfonamides is 1. The summed E-state index contributed by atoms with van der Waals surface area (Å²) in [6.07, 6.45) is 1.84. The number of halogens is 1. The van der Waals surface area contributed by atoms with Gasteiger partial charge in [-0.05, 0) is 53.1 Å². The number of rotatable bonds is 4. The Morgan fingerprint density at radius 3 is 2.81 bits per heavy atom. The molecule has 1 aliphatic carbocycles. The van der Waals surface area contributed by atoms with Crippen molar-refractivity contribution in [3.8, 4) is 0 Å². The Kier molecular flexibility index (Phi) is 4.07. The lowest BCUT2D eigenvalue weighted by atomic mass is 10.1. The van der Waals surface area contributed by atoms with Crippen molar-refractivity contribution < 1.29 is 8.42 Å². The van der Waals surface area contributed by atoms with E-state index in [2.05, 4.69) is 11.4 Å². The lowest BCUT2D eigenvalue weighted by Gasteiger charge is -2.11. The highest BCUT2D eigenvalue weighted by Crippen LogP contribution is 2.26. The highest BCUT2D eigenvalue weighted by atomic mass is 35.5. The molecule has 0 bridgehead atoms. The second-order valence-electron chi connectivity index (χ2n) is 5.18. The number of nitrogens with one attached hydrogen (secondary N) is 1. The van der Waals surface area contributed by atoms with Crippen LogP contribution in [0.3, 0.4) is 0 Å². The molecule has 0 fully saturated rings. The summed E-state index contributed by atoms with van der Waals surface area (Å²) >= 11 is 7.16. The molecule has 1 atom stereocenters. The summed E-state index contributed by atoms with van der Waals surface area (Å²) in [6, 6.07) is 8.06. The Morgan fingerprint density at radius 1 is 1.29 bits per heavy atom. The van der Waals surface area contributed by atoms with Gasteiger partial charge in [0.25, 0.3) is 0 Å². The normalized spacial score (nSPS) is 17.9. The summed E-state index contributed by atoms with van der Waals surface area (Å²) in [5.74, 6) is 0. The first kappa shape index (κ1) is 15.0. The second-order valence-corrected chi connectivity index (χ2v) is 8.29. The van der Waals surface area contributed by atoms with Crippen LogP contribution in [-0.4, -0.2) is 14.5 Å². The first-order valence-electron chi connectivity index (χ1n) is 6.53. The minimum atomic E-state index is -3.63. The smallest absolute Gasteiger partial charge is 0.247 e. The average molecular weight is 343 g/mol. The molecule has 4 nitrogen and oxygen atoms in total. The molecule has 112 valence electrons. The van der Waals surface area contributed by atoms with Crippen LogP contribution in [-0.2, 0) is 29.4 Å². The van der Waals surface area contributed by atoms with Crippen molar-refractivity contribution in [1.29, 1.82) is 0 Å². The quantitative estimate of drug-likeness (QED) is 0.895. The molecule has 1 aromatic carbocycles. The number of hydrogen-bond donors (Lipinski definition) is 2. The van der Waals surface area contributed by atoms with Gasteiger partial charge in [0.2, 0.25) is 10.0 Å². The molecule has 0 aliphatic heterocycles. The molecule has 0 amide bonds. The summed E-state index contributed by atoms with van der Waals surface area (Å²) in [6.45, 7) is 0.502. The molecule has 0 saturated heterocycles. The van der Waals surface area contributed by atoms with Crippen molar-refractivity contribution in [1.82, 2.24) is 5.32 Å². The van der Waals surface area contributed by atoms with E-state index in [1.54, 1.807) is 11.4 Å². The summed E-state index contributed by atoms with van der Waals surface area (Å²) in [5.41, 5.74) is 3.29. The lowest BCUT2D eigenvalue weighted by Crippen LogP contribution is -2.29. The highest BCUT2D eigenvalue weighted by molar-refractivity contribution is 7.91. The third-order valence-electron chi connectivity index (χ3n) is 3.65. The zero-order chi connectivity index (χ0) is 15.0. The zero-order valence-corrected chi connectivity index (χ0v) is 13.6. The fraction of sp³-hybridized carbons (Fsp3) is 0.286. The van der Waals surface area contributed by atoms with E-state index in [1.807, 2.05) is 12.1 Å². The van der Waals surface area contributed by atoms with Gasteiger partial charge in [0, 0.05) is 17.6 Å². The molecule has 1 unspecified atom stereocenters. The fourth-order valence-corrected chi connectivity index (χ4v) is 4.74. The van der Waals surface area contributed by atoms with Crippen LogP contribution in [0.2, 0.25) is 5.02 Å². The highest BCUT2D eigenvalue weighted by Gasteiger charge is 2.22. The van der Waals surface area contributed by atoms with Crippen LogP contribution in [0.25, 0.3) is 0 Å². The summed E-state index contributed by atoms with van der Waals surface area (Å²) in [5, 5.41) is 11.1. The zero-order valence-electron chi connectivity index (χ0n) is 11.2. The van der Waals surface area contributed by atoms with Crippen LogP contribution < -0.4 is 10.5 Å². The average Bonchev–Trinajstić information content (AvgIpc) is 3.00. The van der Waals surface area contributed by atoms with E-state index in [0.29, 0.717) is 12.6 Å². The largest absolute Gasteiger partial charge is 0.309 e. The van der Waals surface area contributed by atoms with Crippen LogP contribution in [0.15, 0.2) is 33.9 Å². The molecule has 1 heterocycles. The Bertz CT molecular complexity index is 771. The van der Waals surface area contributed by atoms with Gasteiger partial charge in [-0.2, -0.15) is 0 Å². The maximum Gasteiger partial charge on any atom is 0.247 e. The van der Waals surface area contributed by atoms with Crippen LogP contribution in [0.1, 0.15) is 16.7 Å². The summed E-state index contributed by atoms with van der Waals surface area (Å²) < 4.78 is 23.2. The Hall–Kier alpha value is -0.920. The van der Waals surface area contributed by atoms with Gasteiger partial charge in [-0.1, -0.05) is 17.7 Å². The van der Waals surface area contributed by atoms with Crippen molar-refractivity contribution in [2.24, 2.45) is 5.14 Å². The Balaban J connectivity index is 1.67. The van der Waals surface area contributed by atoms with E-state index in [0.717, 1.165) is 34.8 Å². The molecule has 1 aromatic heterocycles. The predicted octanol–water partition coefficient (Wildman–Crippen LogP) is 2.31. The second kappa shape index (κ2) is 5.70. The van der Waals surface area contributed by atoms with Gasteiger partial charge in [-0.25, -0.2) is 13.6 Å². The first-order chi connectivity index (χ1) is 9.93. The minimum Gasteiger partial charge on any atom is -0.309 e. The third kappa shape index (κ3) is 3.30. The van der Waals surface area contributed by atoms with Gasteiger partial charge in [-0.15, -0.1) is 11.3 Å². The van der Waals surface area contributed by atoms with Crippen molar-refractivity contribution in [3.63, 3.8) is 0 Å². The SMILES string of the molecule is NS(=O)(=O)c1sccc1CNC1Cc2ccc(Cl)cc2C1. The molecule has 0 saturated carbocycles. The van der Waals surface area contributed by atoms with Gasteiger partial charge in [0.15, 0.2) is 0 Å². The van der Waals surface area contributed by atoms with E-state index >= 15 is 0 Å². The maximum absolute atomic E-state index is 11.5. The summed E-state index contributed by atoms with van der Waals surface area (Å²) in [7, 11) is -3.63. The monoisotopic (exact) mass is 342 g/mol. The minimum absolute atomic E-state index is 0.244. The van der Waals surface area contributed by atoms with E-state index in [4.69, 9.17) is 16.7 Å². The van der Waals surface area contributed by atoms with Crippen LogP contribution >= 0.6 is 22.9 Å². The molecule has 21 heavy (non-hydrogen) atoms. The molecule has 0 spiro atoms. The standard InChI is InChI=1S/C14H15ClN2O2S2/c15-12-2-1-9-6-13(7-11(9)5-12)17-8-10-3-4-20-14(10)21(16,18)19/h1-5,13,17H,6-8H2,(H2,16,18,19). The molecule has 1 aliphatic rings. The van der Waals surface area contributed by atoms with Crippen LogP contribution in [0, 0.1) is 0 Å². The molecule has 0 radical (unpaired) electrons. The molecular formula is C14H15ClN2O2S2. The van der Waals surface area contributed by atoms with Crippen molar-refractivity contribution in [2.45, 2.75) is 29.6 Å². The molecule has 7 heteroatoms. The van der Waals surface area contributed by atoms with Gasteiger partial charge < -0.3 is 5.32 Å². The van der Waals surface area contributed by atoms with Crippen molar-refractivity contribution >= 4 is 33.0 Å².